The van der Waals surface area contributed by atoms with E-state index in [4.69, 9.17) is 4.74 Å². The third-order valence-electron chi connectivity index (χ3n) is 3.88. The predicted octanol–water partition coefficient (Wildman–Crippen LogP) is 2.61. The Labute approximate surface area is 134 Å². The fourth-order valence-electron chi connectivity index (χ4n) is 2.64. The minimum absolute atomic E-state index is 0.574. The molecule has 0 aliphatic carbocycles. The number of rotatable bonds is 3. The standard InChI is InChI=1S/C17H17N5O/c1-3-15(22-7-9-23-10-8-22)4-2-14(1)20-17-19-11-13-5-6-18-12-16(13)21-17/h1-6,11-12H,7-10H2,(H,19,20,21). The van der Waals surface area contributed by atoms with Crippen molar-refractivity contribution in [2.24, 2.45) is 0 Å². The molecule has 6 nitrogen and oxygen atoms in total. The Morgan fingerprint density at radius 1 is 1.00 bits per heavy atom. The van der Waals surface area contributed by atoms with Crippen LogP contribution in [0.15, 0.2) is 48.9 Å². The molecule has 3 heterocycles. The summed E-state index contributed by atoms with van der Waals surface area (Å²) in [6.45, 7) is 3.46. The van der Waals surface area contributed by atoms with E-state index in [2.05, 4.69) is 37.3 Å². The number of aromatic nitrogens is 3. The summed E-state index contributed by atoms with van der Waals surface area (Å²) in [6.07, 6.45) is 5.28. The van der Waals surface area contributed by atoms with E-state index < -0.39 is 0 Å². The van der Waals surface area contributed by atoms with E-state index >= 15 is 0 Å². The SMILES string of the molecule is c1cc2cnc(Nc3ccc(N4CCOCC4)cc3)nc2cn1. The Kier molecular flexibility index (Phi) is 3.73. The maximum atomic E-state index is 5.38. The molecule has 3 aromatic rings. The van der Waals surface area contributed by atoms with E-state index in [1.807, 2.05) is 18.2 Å². The normalized spacial score (nSPS) is 14.9. The van der Waals surface area contributed by atoms with Crippen molar-refractivity contribution in [2.75, 3.05) is 36.5 Å². The Bertz CT molecular complexity index is 799. The van der Waals surface area contributed by atoms with E-state index in [0.29, 0.717) is 5.95 Å². The summed E-state index contributed by atoms with van der Waals surface area (Å²) in [5.74, 6) is 0.574. The fraction of sp³-hybridized carbons (Fsp3) is 0.235. The Balaban J connectivity index is 1.51. The van der Waals surface area contributed by atoms with Gasteiger partial charge in [0.15, 0.2) is 0 Å². The third kappa shape index (κ3) is 3.07. The van der Waals surface area contributed by atoms with Crippen molar-refractivity contribution in [3.05, 3.63) is 48.9 Å². The zero-order valence-electron chi connectivity index (χ0n) is 12.6. The molecular formula is C17H17N5O. The summed E-state index contributed by atoms with van der Waals surface area (Å²) in [5, 5.41) is 4.21. The molecule has 0 unspecified atom stereocenters. The maximum absolute atomic E-state index is 5.38. The molecule has 116 valence electrons. The number of pyridine rings is 1. The maximum Gasteiger partial charge on any atom is 0.227 e. The Morgan fingerprint density at radius 2 is 1.83 bits per heavy atom. The quantitative estimate of drug-likeness (QED) is 0.802. The molecule has 0 bridgehead atoms. The molecule has 1 aliphatic rings. The lowest BCUT2D eigenvalue weighted by molar-refractivity contribution is 0.122. The van der Waals surface area contributed by atoms with Crippen LogP contribution in [0.1, 0.15) is 0 Å². The molecule has 0 spiro atoms. The number of morpholine rings is 1. The van der Waals surface area contributed by atoms with E-state index in [-0.39, 0.29) is 0 Å². The average molecular weight is 307 g/mol. The number of nitrogens with zero attached hydrogens (tertiary/aromatic N) is 4. The first-order valence-corrected chi connectivity index (χ1v) is 7.65. The zero-order valence-corrected chi connectivity index (χ0v) is 12.6. The van der Waals surface area contributed by atoms with Crippen LogP contribution < -0.4 is 10.2 Å². The average Bonchev–Trinajstić information content (AvgIpc) is 2.63. The number of hydrogen-bond acceptors (Lipinski definition) is 6. The molecule has 0 atom stereocenters. The van der Waals surface area contributed by atoms with Crippen molar-refractivity contribution in [1.29, 1.82) is 0 Å². The summed E-state index contributed by atoms with van der Waals surface area (Å²) in [6, 6.07) is 10.2. The smallest absolute Gasteiger partial charge is 0.227 e. The first kappa shape index (κ1) is 13.9. The molecule has 1 saturated heterocycles. The number of hydrogen-bond donors (Lipinski definition) is 1. The molecular weight excluding hydrogens is 290 g/mol. The van der Waals surface area contributed by atoms with Gasteiger partial charge in [0.2, 0.25) is 5.95 Å². The van der Waals surface area contributed by atoms with Crippen LogP contribution in [0.25, 0.3) is 10.9 Å². The molecule has 1 N–H and O–H groups in total. The van der Waals surface area contributed by atoms with Crippen LogP contribution >= 0.6 is 0 Å². The molecule has 1 aliphatic heterocycles. The molecule has 0 amide bonds. The second-order valence-electron chi connectivity index (χ2n) is 5.40. The highest BCUT2D eigenvalue weighted by Gasteiger charge is 2.10. The van der Waals surface area contributed by atoms with Crippen LogP contribution in [0.5, 0.6) is 0 Å². The van der Waals surface area contributed by atoms with Gasteiger partial charge < -0.3 is 15.0 Å². The van der Waals surface area contributed by atoms with Crippen LogP contribution in [-0.4, -0.2) is 41.3 Å². The van der Waals surface area contributed by atoms with E-state index in [1.54, 1.807) is 18.6 Å². The highest BCUT2D eigenvalue weighted by atomic mass is 16.5. The van der Waals surface area contributed by atoms with E-state index in [9.17, 15) is 0 Å². The second kappa shape index (κ2) is 6.18. The monoisotopic (exact) mass is 307 g/mol. The largest absolute Gasteiger partial charge is 0.378 e. The van der Waals surface area contributed by atoms with Crippen LogP contribution in [0.3, 0.4) is 0 Å². The van der Waals surface area contributed by atoms with Gasteiger partial charge >= 0.3 is 0 Å². The number of nitrogens with one attached hydrogen (secondary N) is 1. The van der Waals surface area contributed by atoms with Gasteiger partial charge in [-0.05, 0) is 30.3 Å². The van der Waals surface area contributed by atoms with Gasteiger partial charge in [0.25, 0.3) is 0 Å². The number of fused-ring (bicyclic) bond motifs is 1. The summed E-state index contributed by atoms with van der Waals surface area (Å²) in [5.41, 5.74) is 3.00. The van der Waals surface area contributed by atoms with E-state index in [0.717, 1.165) is 42.9 Å². The first-order valence-electron chi connectivity index (χ1n) is 7.65. The lowest BCUT2D eigenvalue weighted by atomic mass is 10.2. The van der Waals surface area contributed by atoms with Gasteiger partial charge in [0.05, 0.1) is 24.9 Å². The number of anilines is 3. The molecule has 4 rings (SSSR count). The number of benzene rings is 1. The lowest BCUT2D eigenvalue weighted by Gasteiger charge is -2.28. The molecule has 6 heteroatoms. The minimum Gasteiger partial charge on any atom is -0.378 e. The van der Waals surface area contributed by atoms with Gasteiger partial charge in [-0.15, -0.1) is 0 Å². The number of ether oxygens (including phenoxy) is 1. The predicted molar refractivity (Wildman–Crippen MR) is 90.1 cm³/mol. The van der Waals surface area contributed by atoms with Gasteiger partial charge in [-0.2, -0.15) is 0 Å². The zero-order chi connectivity index (χ0) is 15.5. The van der Waals surface area contributed by atoms with Crippen molar-refractivity contribution in [2.45, 2.75) is 0 Å². The minimum atomic E-state index is 0.574. The summed E-state index contributed by atoms with van der Waals surface area (Å²) >= 11 is 0. The van der Waals surface area contributed by atoms with E-state index in [1.165, 1.54) is 5.69 Å². The van der Waals surface area contributed by atoms with Crippen molar-refractivity contribution < 1.29 is 4.74 Å². The van der Waals surface area contributed by atoms with Gasteiger partial charge in [-0.1, -0.05) is 0 Å². The van der Waals surface area contributed by atoms with Gasteiger partial charge in [-0.3, -0.25) is 4.98 Å². The van der Waals surface area contributed by atoms with Gasteiger partial charge in [0, 0.05) is 42.2 Å². The first-order chi connectivity index (χ1) is 11.4. The Morgan fingerprint density at radius 3 is 2.65 bits per heavy atom. The van der Waals surface area contributed by atoms with Crippen molar-refractivity contribution >= 4 is 28.2 Å². The molecule has 0 radical (unpaired) electrons. The summed E-state index contributed by atoms with van der Waals surface area (Å²) in [4.78, 5) is 15.2. The molecule has 2 aromatic heterocycles. The van der Waals surface area contributed by atoms with Crippen LogP contribution in [-0.2, 0) is 4.74 Å². The van der Waals surface area contributed by atoms with Crippen molar-refractivity contribution in [3.8, 4) is 0 Å². The van der Waals surface area contributed by atoms with Gasteiger partial charge in [-0.25, -0.2) is 9.97 Å². The Hall–Kier alpha value is -2.73. The van der Waals surface area contributed by atoms with Crippen LogP contribution in [0.4, 0.5) is 17.3 Å². The van der Waals surface area contributed by atoms with Crippen LogP contribution in [0, 0.1) is 0 Å². The third-order valence-corrected chi connectivity index (χ3v) is 3.88. The fourth-order valence-corrected chi connectivity index (χ4v) is 2.64. The van der Waals surface area contributed by atoms with Gasteiger partial charge in [0.1, 0.15) is 0 Å². The molecule has 1 fully saturated rings. The lowest BCUT2D eigenvalue weighted by Crippen LogP contribution is -2.36. The van der Waals surface area contributed by atoms with Crippen molar-refractivity contribution in [1.82, 2.24) is 15.0 Å². The summed E-state index contributed by atoms with van der Waals surface area (Å²) in [7, 11) is 0. The molecule has 0 saturated carbocycles. The molecule has 23 heavy (non-hydrogen) atoms. The van der Waals surface area contributed by atoms with Crippen molar-refractivity contribution in [3.63, 3.8) is 0 Å². The second-order valence-corrected chi connectivity index (χ2v) is 5.40. The topological polar surface area (TPSA) is 63.2 Å². The highest BCUT2D eigenvalue weighted by Crippen LogP contribution is 2.21. The molecule has 1 aromatic carbocycles. The highest BCUT2D eigenvalue weighted by molar-refractivity contribution is 5.77. The summed E-state index contributed by atoms with van der Waals surface area (Å²) < 4.78 is 5.38. The van der Waals surface area contributed by atoms with Crippen LogP contribution in [0.2, 0.25) is 0 Å².